The van der Waals surface area contributed by atoms with Gasteiger partial charge in [-0.15, -0.1) is 0 Å². The molecule has 1 atom stereocenters. The van der Waals surface area contributed by atoms with Crippen molar-refractivity contribution in [2.75, 3.05) is 18.0 Å². The maximum absolute atomic E-state index is 13.5. The Hall–Kier alpha value is -0.800. The molecule has 1 aromatic carbocycles. The fourth-order valence-electron chi connectivity index (χ4n) is 2.18. The second-order valence-corrected chi connectivity index (χ2v) is 5.75. The molecule has 1 unspecified atom stereocenters. The molecule has 1 saturated heterocycles. The third-order valence-electron chi connectivity index (χ3n) is 3.21. The zero-order valence-electron chi connectivity index (χ0n) is 10.4. The highest BCUT2D eigenvalue weighted by molar-refractivity contribution is 6.30. The average Bonchev–Trinajstić information content (AvgIpc) is 2.26. The summed E-state index contributed by atoms with van der Waals surface area (Å²) in [5, 5.41) is 3.65. The van der Waals surface area contributed by atoms with Crippen LogP contribution in [0.25, 0.3) is 0 Å². The number of nitrogens with zero attached hydrogens (tertiary/aromatic N) is 1. The summed E-state index contributed by atoms with van der Waals surface area (Å²) in [4.78, 5) is 2.22. The Bertz CT molecular complexity index is 420. The van der Waals surface area contributed by atoms with Gasteiger partial charge in [-0.25, -0.2) is 4.39 Å². The molecule has 1 heterocycles. The van der Waals surface area contributed by atoms with Crippen molar-refractivity contribution in [1.29, 1.82) is 0 Å². The van der Waals surface area contributed by atoms with Gasteiger partial charge in [0, 0.05) is 30.4 Å². The summed E-state index contributed by atoms with van der Waals surface area (Å²) in [6.07, 6.45) is 0. The molecule has 0 bridgehead atoms. The lowest BCUT2D eigenvalue weighted by Crippen LogP contribution is -2.61. The Balaban J connectivity index is 2.28. The van der Waals surface area contributed by atoms with Gasteiger partial charge in [0.25, 0.3) is 0 Å². The van der Waals surface area contributed by atoms with Crippen molar-refractivity contribution in [3.8, 4) is 0 Å². The van der Waals surface area contributed by atoms with Crippen molar-refractivity contribution in [2.45, 2.75) is 32.4 Å². The first-order valence-corrected chi connectivity index (χ1v) is 6.23. The van der Waals surface area contributed by atoms with Gasteiger partial charge in [0.05, 0.1) is 5.02 Å². The highest BCUT2D eigenvalue weighted by atomic mass is 35.5. The van der Waals surface area contributed by atoms with Gasteiger partial charge in [-0.1, -0.05) is 11.6 Å². The highest BCUT2D eigenvalue weighted by Crippen LogP contribution is 2.26. The Morgan fingerprint density at radius 1 is 1.47 bits per heavy atom. The van der Waals surface area contributed by atoms with E-state index in [9.17, 15) is 4.39 Å². The van der Waals surface area contributed by atoms with Crippen LogP contribution in [0, 0.1) is 5.82 Å². The van der Waals surface area contributed by atoms with Gasteiger partial charge in [-0.05, 0) is 39.0 Å². The average molecular weight is 257 g/mol. The molecule has 1 aromatic rings. The lowest BCUT2D eigenvalue weighted by molar-refractivity contribution is 0.318. The summed E-state index contributed by atoms with van der Waals surface area (Å²) in [6, 6.07) is 5.36. The quantitative estimate of drug-likeness (QED) is 0.831. The standard InChI is InChI=1S/C13H18ClFN2/c1-9-7-16-13(2,3)8-17(9)10-4-5-11(14)12(15)6-10/h4-6,9,16H,7-8H2,1-3H3. The predicted molar refractivity (Wildman–Crippen MR) is 70.3 cm³/mol. The van der Waals surface area contributed by atoms with Gasteiger partial charge < -0.3 is 10.2 Å². The number of halogens is 2. The van der Waals surface area contributed by atoms with E-state index in [-0.39, 0.29) is 16.4 Å². The molecule has 17 heavy (non-hydrogen) atoms. The maximum Gasteiger partial charge on any atom is 0.143 e. The number of anilines is 1. The zero-order valence-corrected chi connectivity index (χ0v) is 11.2. The molecule has 94 valence electrons. The predicted octanol–water partition coefficient (Wildman–Crippen LogP) is 3.06. The van der Waals surface area contributed by atoms with Crippen molar-refractivity contribution in [3.63, 3.8) is 0 Å². The van der Waals surface area contributed by atoms with Crippen LogP contribution in [0.5, 0.6) is 0 Å². The molecule has 1 aliphatic heterocycles. The van der Waals surface area contributed by atoms with Gasteiger partial charge in [0.1, 0.15) is 5.82 Å². The molecular formula is C13H18ClFN2. The summed E-state index contributed by atoms with van der Waals surface area (Å²) in [6.45, 7) is 8.19. The van der Waals surface area contributed by atoms with Crippen LogP contribution in [0.15, 0.2) is 18.2 Å². The fourth-order valence-corrected chi connectivity index (χ4v) is 2.30. The number of rotatable bonds is 1. The van der Waals surface area contributed by atoms with Gasteiger partial charge in [-0.3, -0.25) is 0 Å². The van der Waals surface area contributed by atoms with Crippen molar-refractivity contribution in [2.24, 2.45) is 0 Å². The lowest BCUT2D eigenvalue weighted by atomic mass is 9.98. The monoisotopic (exact) mass is 256 g/mol. The second kappa shape index (κ2) is 4.46. The highest BCUT2D eigenvalue weighted by Gasteiger charge is 2.30. The van der Waals surface area contributed by atoms with Crippen molar-refractivity contribution < 1.29 is 4.39 Å². The van der Waals surface area contributed by atoms with E-state index in [1.807, 2.05) is 6.07 Å². The number of piperazine rings is 1. The van der Waals surface area contributed by atoms with E-state index in [2.05, 4.69) is 31.0 Å². The molecule has 0 radical (unpaired) electrons. The normalized spacial score (nSPS) is 23.8. The molecule has 1 fully saturated rings. The van der Waals surface area contributed by atoms with Crippen LogP contribution in [0.4, 0.5) is 10.1 Å². The first-order chi connectivity index (χ1) is 7.89. The van der Waals surface area contributed by atoms with Crippen LogP contribution in [-0.4, -0.2) is 24.7 Å². The van der Waals surface area contributed by atoms with E-state index in [0.717, 1.165) is 18.8 Å². The van der Waals surface area contributed by atoms with E-state index >= 15 is 0 Å². The SMILES string of the molecule is CC1CNC(C)(C)CN1c1ccc(Cl)c(F)c1. The van der Waals surface area contributed by atoms with Gasteiger partial charge in [0.15, 0.2) is 0 Å². The van der Waals surface area contributed by atoms with E-state index in [1.54, 1.807) is 6.07 Å². The van der Waals surface area contributed by atoms with Crippen molar-refractivity contribution in [1.82, 2.24) is 5.32 Å². The Morgan fingerprint density at radius 2 is 2.18 bits per heavy atom. The van der Waals surface area contributed by atoms with Crippen LogP contribution in [0.1, 0.15) is 20.8 Å². The summed E-state index contributed by atoms with van der Waals surface area (Å²) in [5.74, 6) is -0.354. The molecule has 1 aliphatic rings. The third kappa shape index (κ3) is 2.72. The topological polar surface area (TPSA) is 15.3 Å². The molecule has 2 nitrogen and oxygen atoms in total. The van der Waals surface area contributed by atoms with E-state index in [4.69, 9.17) is 11.6 Å². The Kier molecular flexibility index (Phi) is 3.32. The number of hydrogen-bond acceptors (Lipinski definition) is 2. The molecule has 0 spiro atoms. The number of nitrogens with one attached hydrogen (secondary N) is 1. The van der Waals surface area contributed by atoms with E-state index in [1.165, 1.54) is 6.07 Å². The molecule has 0 amide bonds. The molecule has 4 heteroatoms. The summed E-state index contributed by atoms with van der Waals surface area (Å²) in [7, 11) is 0. The minimum Gasteiger partial charge on any atom is -0.366 e. The van der Waals surface area contributed by atoms with E-state index < -0.39 is 0 Å². The Labute approximate surface area is 107 Å². The summed E-state index contributed by atoms with van der Waals surface area (Å²) >= 11 is 5.71. The Morgan fingerprint density at radius 3 is 2.82 bits per heavy atom. The number of benzene rings is 1. The fraction of sp³-hybridized carbons (Fsp3) is 0.538. The lowest BCUT2D eigenvalue weighted by Gasteiger charge is -2.44. The molecule has 0 aliphatic carbocycles. The molecule has 2 rings (SSSR count). The molecule has 0 saturated carbocycles. The minimum atomic E-state index is -0.354. The van der Waals surface area contributed by atoms with E-state index in [0.29, 0.717) is 6.04 Å². The van der Waals surface area contributed by atoms with Crippen molar-refractivity contribution in [3.05, 3.63) is 29.0 Å². The van der Waals surface area contributed by atoms with Crippen molar-refractivity contribution >= 4 is 17.3 Å². The van der Waals surface area contributed by atoms with Crippen LogP contribution >= 0.6 is 11.6 Å². The smallest absolute Gasteiger partial charge is 0.143 e. The summed E-state index contributed by atoms with van der Waals surface area (Å²) < 4.78 is 13.5. The van der Waals surface area contributed by atoms with Crippen LogP contribution in [-0.2, 0) is 0 Å². The van der Waals surface area contributed by atoms with Gasteiger partial charge in [-0.2, -0.15) is 0 Å². The molecule has 1 N–H and O–H groups in total. The number of hydrogen-bond donors (Lipinski definition) is 1. The maximum atomic E-state index is 13.5. The molecule has 0 aromatic heterocycles. The van der Waals surface area contributed by atoms with Crippen LogP contribution in [0.2, 0.25) is 5.02 Å². The van der Waals surface area contributed by atoms with Crippen LogP contribution in [0.3, 0.4) is 0 Å². The first-order valence-electron chi connectivity index (χ1n) is 5.86. The van der Waals surface area contributed by atoms with Gasteiger partial charge >= 0.3 is 0 Å². The third-order valence-corrected chi connectivity index (χ3v) is 3.52. The van der Waals surface area contributed by atoms with Gasteiger partial charge in [0.2, 0.25) is 0 Å². The van der Waals surface area contributed by atoms with Crippen LogP contribution < -0.4 is 10.2 Å². The minimum absolute atomic E-state index is 0.0443. The largest absolute Gasteiger partial charge is 0.366 e. The molecular weight excluding hydrogens is 239 g/mol. The zero-order chi connectivity index (χ0) is 12.6. The first kappa shape index (κ1) is 12.7. The summed E-state index contributed by atoms with van der Waals surface area (Å²) in [5.41, 5.74) is 0.941. The second-order valence-electron chi connectivity index (χ2n) is 5.34.